The highest BCUT2D eigenvalue weighted by Crippen LogP contribution is 2.31. The summed E-state index contributed by atoms with van der Waals surface area (Å²) in [4.78, 5) is 16.7. The van der Waals surface area contributed by atoms with Crippen LogP contribution in [0.15, 0.2) is 30.5 Å². The van der Waals surface area contributed by atoms with Gasteiger partial charge in [-0.25, -0.2) is 4.98 Å². The molecular weight excluding hydrogens is 335 g/mol. The Hall–Kier alpha value is -2.84. The number of fused-ring (bicyclic) bond motifs is 1. The lowest BCUT2D eigenvalue weighted by Gasteiger charge is -2.09. The van der Waals surface area contributed by atoms with Crippen LogP contribution in [-0.4, -0.2) is 25.2 Å². The smallest absolute Gasteiger partial charge is 0.310 e. The number of amides is 1. The number of anilines is 1. The number of aromatic nitrogens is 4. The zero-order chi connectivity index (χ0) is 18.2. The molecule has 0 aliphatic rings. The van der Waals surface area contributed by atoms with Crippen LogP contribution >= 0.6 is 0 Å². The van der Waals surface area contributed by atoms with Crippen LogP contribution in [0.3, 0.4) is 0 Å². The molecule has 0 aliphatic heterocycles. The first-order valence-corrected chi connectivity index (χ1v) is 7.68. The Bertz CT molecular complexity index is 926. The van der Waals surface area contributed by atoms with Gasteiger partial charge in [0, 0.05) is 19.8 Å². The monoisotopic (exact) mass is 351 g/mol. The van der Waals surface area contributed by atoms with Crippen molar-refractivity contribution in [3.05, 3.63) is 41.7 Å². The predicted octanol–water partition coefficient (Wildman–Crippen LogP) is 3.45. The summed E-state index contributed by atoms with van der Waals surface area (Å²) in [7, 11) is 1.33. The molecule has 9 heteroatoms. The van der Waals surface area contributed by atoms with Gasteiger partial charge >= 0.3 is 6.18 Å². The fraction of sp³-hybridized carbons (Fsp3) is 0.312. The predicted molar refractivity (Wildman–Crippen MR) is 86.2 cm³/mol. The minimum Gasteiger partial charge on any atom is -0.310 e. The minimum atomic E-state index is -4.71. The maximum absolute atomic E-state index is 13.1. The lowest BCUT2D eigenvalue weighted by molar-refractivity contribution is -0.141. The molecule has 132 valence electrons. The molecule has 25 heavy (non-hydrogen) atoms. The van der Waals surface area contributed by atoms with Gasteiger partial charge in [0.05, 0.1) is 16.6 Å². The Kier molecular flexibility index (Phi) is 4.23. The Morgan fingerprint density at radius 1 is 1.28 bits per heavy atom. The number of imidazole rings is 1. The molecule has 1 aromatic carbocycles. The minimum absolute atomic E-state index is 0.213. The van der Waals surface area contributed by atoms with Crippen LogP contribution in [0.2, 0.25) is 0 Å². The highest BCUT2D eigenvalue weighted by molar-refractivity contribution is 6.04. The molecule has 0 fully saturated rings. The zero-order valence-electron chi connectivity index (χ0n) is 13.6. The molecule has 2 aromatic heterocycles. The van der Waals surface area contributed by atoms with Gasteiger partial charge in [-0.15, -0.1) is 0 Å². The van der Waals surface area contributed by atoms with Crippen molar-refractivity contribution >= 4 is 22.9 Å². The van der Waals surface area contributed by atoms with E-state index in [1.165, 1.54) is 7.05 Å². The number of rotatable bonds is 4. The first-order chi connectivity index (χ1) is 11.8. The second kappa shape index (κ2) is 6.23. The summed E-state index contributed by atoms with van der Waals surface area (Å²) in [5, 5.41) is 5.84. The molecule has 3 aromatic rings. The third-order valence-corrected chi connectivity index (χ3v) is 3.67. The standard InChI is InChI=1S/C16H16F3N5O/c1-3-8-24-12-7-5-4-6-11(12)20-15(24)21-14(25)10-9-23(2)22-13(10)16(17,18)19/h4-7,9H,3,8H2,1-2H3,(H,20,21,25). The van der Waals surface area contributed by atoms with Crippen molar-refractivity contribution in [3.63, 3.8) is 0 Å². The fourth-order valence-corrected chi connectivity index (χ4v) is 2.65. The molecular formula is C16H16F3N5O. The fourth-order valence-electron chi connectivity index (χ4n) is 2.65. The summed E-state index contributed by atoms with van der Waals surface area (Å²) < 4.78 is 41.9. The Morgan fingerprint density at radius 3 is 2.68 bits per heavy atom. The molecule has 0 radical (unpaired) electrons. The molecule has 6 nitrogen and oxygen atoms in total. The second-order valence-corrected chi connectivity index (χ2v) is 5.59. The van der Waals surface area contributed by atoms with Gasteiger partial charge in [-0.1, -0.05) is 19.1 Å². The largest absolute Gasteiger partial charge is 0.435 e. The lowest BCUT2D eigenvalue weighted by Crippen LogP contribution is -2.20. The molecule has 0 bridgehead atoms. The summed E-state index contributed by atoms with van der Waals surface area (Å²) in [5.41, 5.74) is -0.286. The molecule has 3 rings (SSSR count). The maximum atomic E-state index is 13.1. The van der Waals surface area contributed by atoms with Crippen molar-refractivity contribution in [2.75, 3.05) is 5.32 Å². The average Bonchev–Trinajstić information content (AvgIpc) is 3.09. The molecule has 0 spiro atoms. The van der Waals surface area contributed by atoms with E-state index in [9.17, 15) is 18.0 Å². The van der Waals surface area contributed by atoms with Crippen LogP contribution in [-0.2, 0) is 19.8 Å². The van der Waals surface area contributed by atoms with Crippen LogP contribution in [0.1, 0.15) is 29.4 Å². The van der Waals surface area contributed by atoms with Gasteiger partial charge in [-0.05, 0) is 18.6 Å². The first kappa shape index (κ1) is 17.0. The van der Waals surface area contributed by atoms with E-state index in [2.05, 4.69) is 15.4 Å². The number of nitrogens with one attached hydrogen (secondary N) is 1. The molecule has 2 heterocycles. The van der Waals surface area contributed by atoms with Gasteiger partial charge in [0.2, 0.25) is 5.95 Å². The average molecular weight is 351 g/mol. The molecule has 0 aliphatic carbocycles. The Morgan fingerprint density at radius 2 is 2.00 bits per heavy atom. The van der Waals surface area contributed by atoms with E-state index in [0.29, 0.717) is 12.1 Å². The van der Waals surface area contributed by atoms with E-state index in [4.69, 9.17) is 0 Å². The molecule has 1 N–H and O–H groups in total. The number of nitrogens with zero attached hydrogens (tertiary/aromatic N) is 4. The molecule has 0 unspecified atom stereocenters. The summed E-state index contributed by atoms with van der Waals surface area (Å²) in [6.07, 6.45) is -2.88. The van der Waals surface area contributed by atoms with Crippen molar-refractivity contribution < 1.29 is 18.0 Å². The van der Waals surface area contributed by atoms with Crippen LogP contribution in [0, 0.1) is 0 Å². The number of para-hydroxylation sites is 2. The molecule has 0 saturated carbocycles. The van der Waals surface area contributed by atoms with E-state index < -0.39 is 23.3 Å². The third kappa shape index (κ3) is 3.21. The summed E-state index contributed by atoms with van der Waals surface area (Å²) in [6.45, 7) is 2.54. The van der Waals surface area contributed by atoms with E-state index >= 15 is 0 Å². The van der Waals surface area contributed by atoms with Crippen LogP contribution in [0.5, 0.6) is 0 Å². The highest BCUT2D eigenvalue weighted by Gasteiger charge is 2.39. The van der Waals surface area contributed by atoms with Gasteiger partial charge < -0.3 is 4.57 Å². The third-order valence-electron chi connectivity index (χ3n) is 3.67. The number of hydrogen-bond donors (Lipinski definition) is 1. The van der Waals surface area contributed by atoms with Crippen LogP contribution < -0.4 is 5.32 Å². The number of carbonyl (C=O) groups excluding carboxylic acids is 1. The van der Waals surface area contributed by atoms with Gasteiger partial charge in [0.15, 0.2) is 5.69 Å². The van der Waals surface area contributed by atoms with Crippen LogP contribution in [0.4, 0.5) is 19.1 Å². The normalized spacial score (nSPS) is 11.9. The van der Waals surface area contributed by atoms with E-state index in [0.717, 1.165) is 22.8 Å². The number of benzene rings is 1. The van der Waals surface area contributed by atoms with Gasteiger partial charge in [-0.3, -0.25) is 14.8 Å². The van der Waals surface area contributed by atoms with E-state index in [1.54, 1.807) is 16.7 Å². The molecule has 0 saturated heterocycles. The molecule has 0 atom stereocenters. The summed E-state index contributed by atoms with van der Waals surface area (Å²) in [6, 6.07) is 7.27. The second-order valence-electron chi connectivity index (χ2n) is 5.59. The van der Waals surface area contributed by atoms with E-state index in [-0.39, 0.29) is 5.95 Å². The topological polar surface area (TPSA) is 64.7 Å². The Balaban J connectivity index is 1.99. The van der Waals surface area contributed by atoms with Gasteiger partial charge in [0.1, 0.15) is 0 Å². The first-order valence-electron chi connectivity index (χ1n) is 7.68. The Labute approximate surface area is 141 Å². The van der Waals surface area contributed by atoms with E-state index in [1.807, 2.05) is 19.1 Å². The number of halogens is 3. The number of carbonyl (C=O) groups is 1. The van der Waals surface area contributed by atoms with Crippen molar-refractivity contribution in [1.82, 2.24) is 19.3 Å². The summed E-state index contributed by atoms with van der Waals surface area (Å²) in [5.74, 6) is -0.682. The lowest BCUT2D eigenvalue weighted by atomic mass is 10.2. The number of aryl methyl sites for hydroxylation is 2. The summed E-state index contributed by atoms with van der Waals surface area (Å²) >= 11 is 0. The van der Waals surface area contributed by atoms with Crippen molar-refractivity contribution in [2.45, 2.75) is 26.1 Å². The van der Waals surface area contributed by atoms with Gasteiger partial charge in [-0.2, -0.15) is 18.3 Å². The SMILES string of the molecule is CCCn1c(NC(=O)c2cn(C)nc2C(F)(F)F)nc2ccccc21. The number of alkyl halides is 3. The van der Waals surface area contributed by atoms with Crippen molar-refractivity contribution in [3.8, 4) is 0 Å². The van der Waals surface area contributed by atoms with Crippen molar-refractivity contribution in [1.29, 1.82) is 0 Å². The quantitative estimate of drug-likeness (QED) is 0.783. The van der Waals surface area contributed by atoms with Gasteiger partial charge in [0.25, 0.3) is 5.91 Å². The zero-order valence-corrected chi connectivity index (χ0v) is 13.6. The molecule has 1 amide bonds. The van der Waals surface area contributed by atoms with Crippen LogP contribution in [0.25, 0.3) is 11.0 Å². The number of hydrogen-bond acceptors (Lipinski definition) is 3. The maximum Gasteiger partial charge on any atom is 0.435 e. The van der Waals surface area contributed by atoms with Crippen molar-refractivity contribution in [2.24, 2.45) is 7.05 Å². The highest BCUT2D eigenvalue weighted by atomic mass is 19.4.